The van der Waals surface area contributed by atoms with E-state index in [-0.39, 0.29) is 0 Å². The van der Waals surface area contributed by atoms with Gasteiger partial charge in [-0.3, -0.25) is 4.18 Å². The minimum atomic E-state index is -3.38. The molecule has 0 spiro atoms. The van der Waals surface area contributed by atoms with Gasteiger partial charge in [-0.15, -0.1) is 5.92 Å². The zero-order valence-corrected chi connectivity index (χ0v) is 11.3. The van der Waals surface area contributed by atoms with Crippen molar-refractivity contribution in [1.29, 1.82) is 0 Å². The number of hydrogen-bond acceptors (Lipinski definition) is 3. The second kappa shape index (κ2) is 8.60. The summed E-state index contributed by atoms with van der Waals surface area (Å²) in [6.45, 7) is 3.83. The lowest BCUT2D eigenvalue weighted by atomic mass is 10.1. The van der Waals surface area contributed by atoms with Gasteiger partial charge >= 0.3 is 0 Å². The van der Waals surface area contributed by atoms with Crippen LogP contribution in [0.3, 0.4) is 0 Å². The minimum Gasteiger partial charge on any atom is -0.254 e. The Balaban J connectivity index is 3.61. The van der Waals surface area contributed by atoms with Gasteiger partial charge in [0.2, 0.25) is 0 Å². The van der Waals surface area contributed by atoms with Crippen molar-refractivity contribution in [2.24, 2.45) is 0 Å². The molecule has 0 saturated carbocycles. The predicted octanol–water partition coefficient (Wildman–Crippen LogP) is 2.72. The molecule has 16 heavy (non-hydrogen) atoms. The fourth-order valence-corrected chi connectivity index (χ4v) is 1.89. The van der Waals surface area contributed by atoms with Crippen LogP contribution in [0, 0.1) is 11.8 Å². The average Bonchev–Trinajstić information content (AvgIpc) is 2.13. The van der Waals surface area contributed by atoms with E-state index >= 15 is 0 Å². The topological polar surface area (TPSA) is 43.4 Å². The normalized spacial score (nSPS) is 12.9. The zero-order chi connectivity index (χ0) is 12.4. The van der Waals surface area contributed by atoms with E-state index in [1.54, 1.807) is 6.92 Å². The molecule has 0 aromatic heterocycles. The molecule has 0 heterocycles. The number of hydrogen-bond donors (Lipinski definition) is 0. The summed E-state index contributed by atoms with van der Waals surface area (Å²) >= 11 is 0. The van der Waals surface area contributed by atoms with E-state index in [0.717, 1.165) is 19.1 Å². The molecular weight excluding hydrogens is 224 g/mol. The third-order valence-corrected chi connectivity index (χ3v) is 2.67. The highest BCUT2D eigenvalue weighted by atomic mass is 32.2. The first-order chi connectivity index (χ1) is 7.45. The summed E-state index contributed by atoms with van der Waals surface area (Å²) in [5.74, 6) is 5.72. The Bertz CT molecular complexity index is 322. The Morgan fingerprint density at radius 2 is 1.81 bits per heavy atom. The van der Waals surface area contributed by atoms with E-state index in [1.807, 2.05) is 0 Å². The van der Waals surface area contributed by atoms with Gasteiger partial charge in [0.05, 0.1) is 6.26 Å². The average molecular weight is 246 g/mol. The van der Waals surface area contributed by atoms with Gasteiger partial charge in [-0.05, 0) is 13.3 Å². The fourth-order valence-electron chi connectivity index (χ4n) is 1.32. The van der Waals surface area contributed by atoms with Crippen LogP contribution in [0.25, 0.3) is 0 Å². The van der Waals surface area contributed by atoms with Crippen LogP contribution in [0.5, 0.6) is 0 Å². The molecule has 0 unspecified atom stereocenters. The summed E-state index contributed by atoms with van der Waals surface area (Å²) in [6.07, 6.45) is 7.38. The molecule has 0 radical (unpaired) electrons. The maximum Gasteiger partial charge on any atom is 0.265 e. The highest BCUT2D eigenvalue weighted by Crippen LogP contribution is 2.04. The molecule has 0 aliphatic heterocycles. The Labute approximate surface area is 99.7 Å². The molecule has 0 fully saturated rings. The fraction of sp³-hybridized carbons (Fsp3) is 0.833. The van der Waals surface area contributed by atoms with Crippen molar-refractivity contribution >= 4 is 10.1 Å². The van der Waals surface area contributed by atoms with E-state index in [9.17, 15) is 8.42 Å². The number of rotatable bonds is 7. The van der Waals surface area contributed by atoms with Crippen LogP contribution in [0.2, 0.25) is 0 Å². The second-order valence-electron chi connectivity index (χ2n) is 3.93. The molecule has 0 amide bonds. The standard InChI is InChI=1S/C12H22O3S/c1-4-5-6-7-8-9-10-11-12(2)15-16(3,13)14/h12H,4-9H2,1-3H3/t12-/m0/s1. The van der Waals surface area contributed by atoms with Gasteiger partial charge in [0, 0.05) is 6.42 Å². The molecule has 0 rings (SSSR count). The van der Waals surface area contributed by atoms with Crippen LogP contribution in [-0.2, 0) is 14.3 Å². The van der Waals surface area contributed by atoms with Crippen LogP contribution in [0.15, 0.2) is 0 Å². The summed E-state index contributed by atoms with van der Waals surface area (Å²) in [6, 6.07) is 0. The highest BCUT2D eigenvalue weighted by Gasteiger charge is 2.06. The molecule has 1 atom stereocenters. The highest BCUT2D eigenvalue weighted by molar-refractivity contribution is 7.86. The van der Waals surface area contributed by atoms with Gasteiger partial charge in [0.15, 0.2) is 0 Å². The maximum atomic E-state index is 10.8. The Morgan fingerprint density at radius 1 is 1.19 bits per heavy atom. The van der Waals surface area contributed by atoms with Gasteiger partial charge in [-0.1, -0.05) is 38.5 Å². The van der Waals surface area contributed by atoms with E-state index in [4.69, 9.17) is 0 Å². The summed E-state index contributed by atoms with van der Waals surface area (Å²) in [4.78, 5) is 0. The van der Waals surface area contributed by atoms with Crippen molar-refractivity contribution in [3.05, 3.63) is 0 Å². The smallest absolute Gasteiger partial charge is 0.254 e. The summed E-state index contributed by atoms with van der Waals surface area (Å²) in [5.41, 5.74) is 0. The number of unbranched alkanes of at least 4 members (excludes halogenated alkanes) is 5. The van der Waals surface area contributed by atoms with E-state index in [1.165, 1.54) is 25.7 Å². The molecule has 0 bridgehead atoms. The molecule has 4 heteroatoms. The molecule has 0 aromatic rings. The first kappa shape index (κ1) is 15.5. The Hall–Kier alpha value is -0.530. The van der Waals surface area contributed by atoms with Gasteiger partial charge < -0.3 is 0 Å². The lowest BCUT2D eigenvalue weighted by Crippen LogP contribution is -2.11. The van der Waals surface area contributed by atoms with Gasteiger partial charge in [0.1, 0.15) is 6.10 Å². The van der Waals surface area contributed by atoms with Crippen molar-refractivity contribution in [1.82, 2.24) is 0 Å². The van der Waals surface area contributed by atoms with Gasteiger partial charge in [0.25, 0.3) is 10.1 Å². The van der Waals surface area contributed by atoms with Gasteiger partial charge in [-0.2, -0.15) is 8.42 Å². The first-order valence-electron chi connectivity index (χ1n) is 5.82. The van der Waals surface area contributed by atoms with E-state index < -0.39 is 16.2 Å². The van der Waals surface area contributed by atoms with Crippen LogP contribution >= 0.6 is 0 Å². The van der Waals surface area contributed by atoms with Crippen molar-refractivity contribution in [2.45, 2.75) is 58.5 Å². The van der Waals surface area contributed by atoms with Crippen molar-refractivity contribution in [3.8, 4) is 11.8 Å². The Morgan fingerprint density at radius 3 is 2.38 bits per heavy atom. The quantitative estimate of drug-likeness (QED) is 0.394. The predicted molar refractivity (Wildman–Crippen MR) is 66.5 cm³/mol. The van der Waals surface area contributed by atoms with Crippen LogP contribution in [0.4, 0.5) is 0 Å². The zero-order valence-electron chi connectivity index (χ0n) is 10.5. The van der Waals surface area contributed by atoms with Crippen LogP contribution in [-0.4, -0.2) is 20.8 Å². The minimum absolute atomic E-state index is 0.536. The van der Waals surface area contributed by atoms with Crippen LogP contribution in [0.1, 0.15) is 52.4 Å². The van der Waals surface area contributed by atoms with Crippen LogP contribution < -0.4 is 0 Å². The monoisotopic (exact) mass is 246 g/mol. The maximum absolute atomic E-state index is 10.8. The molecular formula is C12H22O3S. The largest absolute Gasteiger partial charge is 0.265 e. The van der Waals surface area contributed by atoms with E-state index in [0.29, 0.717) is 0 Å². The van der Waals surface area contributed by atoms with E-state index in [2.05, 4.69) is 22.9 Å². The summed E-state index contributed by atoms with van der Waals surface area (Å²) in [5, 5.41) is 0. The lowest BCUT2D eigenvalue weighted by Gasteiger charge is -2.02. The molecule has 3 nitrogen and oxygen atoms in total. The molecule has 0 saturated heterocycles. The first-order valence-corrected chi connectivity index (χ1v) is 7.64. The summed E-state index contributed by atoms with van der Waals surface area (Å²) < 4.78 is 26.2. The lowest BCUT2D eigenvalue weighted by molar-refractivity contribution is 0.286. The van der Waals surface area contributed by atoms with Crippen molar-refractivity contribution < 1.29 is 12.6 Å². The summed E-state index contributed by atoms with van der Waals surface area (Å²) in [7, 11) is -3.38. The SMILES string of the molecule is CCCCCCCC#C[C@H](C)OS(C)(=O)=O. The second-order valence-corrected chi connectivity index (χ2v) is 5.53. The molecule has 0 N–H and O–H groups in total. The third kappa shape index (κ3) is 11.5. The van der Waals surface area contributed by atoms with Gasteiger partial charge in [-0.25, -0.2) is 0 Å². The molecule has 0 aliphatic carbocycles. The molecule has 0 aromatic carbocycles. The molecule has 0 aliphatic rings. The third-order valence-electron chi connectivity index (χ3n) is 2.03. The van der Waals surface area contributed by atoms with Crippen molar-refractivity contribution in [3.63, 3.8) is 0 Å². The Kier molecular flexibility index (Phi) is 8.32. The van der Waals surface area contributed by atoms with Crippen molar-refractivity contribution in [2.75, 3.05) is 6.26 Å². The molecule has 94 valence electrons.